The lowest BCUT2D eigenvalue weighted by Crippen LogP contribution is -1.95. The van der Waals surface area contributed by atoms with Crippen LogP contribution in [-0.2, 0) is 4.79 Å². The molecule has 0 bridgehead atoms. The van der Waals surface area contributed by atoms with E-state index in [0.717, 1.165) is 37.9 Å². The summed E-state index contributed by atoms with van der Waals surface area (Å²) in [6.07, 6.45) is 2.50. The summed E-state index contributed by atoms with van der Waals surface area (Å²) < 4.78 is 6.93. The first-order valence-electron chi connectivity index (χ1n) is 9.29. The highest BCUT2D eigenvalue weighted by atomic mass is 32.1. The van der Waals surface area contributed by atoms with Gasteiger partial charge in [0.2, 0.25) is 0 Å². The van der Waals surface area contributed by atoms with E-state index in [9.17, 15) is 4.79 Å². The Hall–Kier alpha value is -3.44. The summed E-state index contributed by atoms with van der Waals surface area (Å²) in [5.41, 5.74) is 2.83. The van der Waals surface area contributed by atoms with E-state index >= 15 is 0 Å². The van der Waals surface area contributed by atoms with Crippen molar-refractivity contribution >= 4 is 39.2 Å². The molecule has 5 heteroatoms. The Labute approximate surface area is 172 Å². The number of ether oxygens (including phenoxy) is 1. The summed E-state index contributed by atoms with van der Waals surface area (Å²) in [4.78, 5) is 15.8. The molecule has 3 aromatic carbocycles. The van der Waals surface area contributed by atoms with Crippen molar-refractivity contribution in [3.8, 4) is 11.5 Å². The Kier molecular flexibility index (Phi) is 5.68. The van der Waals surface area contributed by atoms with E-state index in [1.807, 2.05) is 84.9 Å². The summed E-state index contributed by atoms with van der Waals surface area (Å²) in [5, 5.41) is 9.99. The molecule has 0 fully saturated rings. The van der Waals surface area contributed by atoms with E-state index in [-0.39, 0.29) is 6.42 Å². The van der Waals surface area contributed by atoms with Gasteiger partial charge in [-0.3, -0.25) is 4.79 Å². The number of thiazole rings is 1. The van der Waals surface area contributed by atoms with Gasteiger partial charge in [0.15, 0.2) is 0 Å². The van der Waals surface area contributed by atoms with E-state index in [4.69, 9.17) is 14.8 Å². The van der Waals surface area contributed by atoms with E-state index in [0.29, 0.717) is 6.42 Å². The Morgan fingerprint density at radius 3 is 2.31 bits per heavy atom. The lowest BCUT2D eigenvalue weighted by molar-refractivity contribution is -0.136. The van der Waals surface area contributed by atoms with Crippen LogP contribution in [0.15, 0.2) is 78.9 Å². The lowest BCUT2D eigenvalue weighted by atomic mass is 10.1. The van der Waals surface area contributed by atoms with Gasteiger partial charge in [-0.15, -0.1) is 11.3 Å². The monoisotopic (exact) mass is 401 g/mol. The molecule has 0 atom stereocenters. The minimum absolute atomic E-state index is 0.0664. The number of allylic oxidation sites excluding steroid dienone is 1. The fraction of sp³-hybridized carbons (Fsp3) is 0.0833. The van der Waals surface area contributed by atoms with Crippen LogP contribution in [0.1, 0.15) is 23.4 Å². The van der Waals surface area contributed by atoms with Crippen molar-refractivity contribution < 1.29 is 14.6 Å². The van der Waals surface area contributed by atoms with Crippen molar-refractivity contribution in [2.45, 2.75) is 12.8 Å². The zero-order valence-corrected chi connectivity index (χ0v) is 16.4. The van der Waals surface area contributed by atoms with E-state index in [1.165, 1.54) is 0 Å². The molecule has 0 spiro atoms. The topological polar surface area (TPSA) is 59.4 Å². The molecular weight excluding hydrogens is 382 g/mol. The largest absolute Gasteiger partial charge is 0.481 e. The molecule has 144 valence electrons. The fourth-order valence-corrected chi connectivity index (χ4v) is 3.96. The summed E-state index contributed by atoms with van der Waals surface area (Å²) in [5.74, 6) is 0.719. The maximum atomic E-state index is 11.1. The summed E-state index contributed by atoms with van der Waals surface area (Å²) in [6, 6.07) is 25.3. The molecule has 0 aliphatic heterocycles. The van der Waals surface area contributed by atoms with Crippen molar-refractivity contribution in [2.75, 3.05) is 0 Å². The van der Waals surface area contributed by atoms with Crippen LogP contribution < -0.4 is 4.74 Å². The molecule has 0 aliphatic rings. The number of para-hydroxylation sites is 2. The number of fused-ring (bicyclic) bond motifs is 1. The highest BCUT2D eigenvalue weighted by Gasteiger charge is 2.11. The standard InChI is InChI=1S/C24H19NO3S/c26-23(27)15-12-18(24-25-21-8-4-5-9-22(21)29-24)16-17-10-13-20(14-11-17)28-19-6-2-1-3-7-19/h1-11,13-14,16H,12,15H2,(H,26,27). The molecule has 29 heavy (non-hydrogen) atoms. The Bertz CT molecular complexity index is 1110. The number of nitrogens with zero attached hydrogens (tertiary/aromatic N) is 1. The van der Waals surface area contributed by atoms with E-state index in [1.54, 1.807) is 11.3 Å². The number of benzene rings is 3. The average Bonchev–Trinajstić information content (AvgIpc) is 3.17. The minimum atomic E-state index is -0.816. The number of carbonyl (C=O) groups is 1. The van der Waals surface area contributed by atoms with Gasteiger partial charge in [0.05, 0.1) is 10.2 Å². The van der Waals surface area contributed by atoms with Crippen molar-refractivity contribution in [1.82, 2.24) is 4.98 Å². The van der Waals surface area contributed by atoms with Gasteiger partial charge in [-0.2, -0.15) is 0 Å². The molecule has 0 saturated heterocycles. The number of aliphatic carboxylic acids is 1. The first kappa shape index (κ1) is 18.9. The number of hydrogen-bond acceptors (Lipinski definition) is 4. The number of carboxylic acids is 1. The molecular formula is C24H19NO3S. The number of hydrogen-bond donors (Lipinski definition) is 1. The molecule has 0 amide bonds. The SMILES string of the molecule is O=C(O)CCC(=Cc1ccc(Oc2ccccc2)cc1)c1nc2ccccc2s1. The van der Waals surface area contributed by atoms with Crippen molar-refractivity contribution in [2.24, 2.45) is 0 Å². The maximum absolute atomic E-state index is 11.1. The summed E-state index contributed by atoms with van der Waals surface area (Å²) >= 11 is 1.58. The second-order valence-corrected chi connectivity index (χ2v) is 7.56. The highest BCUT2D eigenvalue weighted by molar-refractivity contribution is 7.19. The van der Waals surface area contributed by atoms with Gasteiger partial charge in [-0.05, 0) is 60.0 Å². The molecule has 1 heterocycles. The number of aromatic nitrogens is 1. The van der Waals surface area contributed by atoms with Gasteiger partial charge in [0, 0.05) is 6.42 Å². The van der Waals surface area contributed by atoms with Gasteiger partial charge in [0.25, 0.3) is 0 Å². The zero-order chi connectivity index (χ0) is 20.1. The molecule has 4 nitrogen and oxygen atoms in total. The molecule has 1 aromatic heterocycles. The second kappa shape index (κ2) is 8.71. The van der Waals surface area contributed by atoms with Gasteiger partial charge in [-0.25, -0.2) is 4.98 Å². The normalized spacial score (nSPS) is 11.5. The molecule has 0 unspecified atom stereocenters. The molecule has 0 radical (unpaired) electrons. The third-order valence-electron chi connectivity index (χ3n) is 4.38. The smallest absolute Gasteiger partial charge is 0.303 e. The van der Waals surface area contributed by atoms with Crippen LogP contribution in [-0.4, -0.2) is 16.1 Å². The maximum Gasteiger partial charge on any atom is 0.303 e. The van der Waals surface area contributed by atoms with E-state index < -0.39 is 5.97 Å². The van der Waals surface area contributed by atoms with Gasteiger partial charge >= 0.3 is 5.97 Å². The van der Waals surface area contributed by atoms with Crippen molar-refractivity contribution in [3.05, 3.63) is 89.4 Å². The predicted molar refractivity (Wildman–Crippen MR) is 117 cm³/mol. The lowest BCUT2D eigenvalue weighted by Gasteiger charge is -2.06. The average molecular weight is 401 g/mol. The third-order valence-corrected chi connectivity index (χ3v) is 5.49. The van der Waals surface area contributed by atoms with E-state index in [2.05, 4.69) is 0 Å². The molecule has 0 saturated carbocycles. The molecule has 4 rings (SSSR count). The van der Waals surface area contributed by atoms with Crippen molar-refractivity contribution in [1.29, 1.82) is 0 Å². The predicted octanol–water partition coefficient (Wildman–Crippen LogP) is 6.49. The zero-order valence-electron chi connectivity index (χ0n) is 15.6. The molecule has 1 N–H and O–H groups in total. The molecule has 0 aliphatic carbocycles. The Morgan fingerprint density at radius 1 is 0.897 bits per heavy atom. The van der Waals surface area contributed by atoms with Crippen molar-refractivity contribution in [3.63, 3.8) is 0 Å². The van der Waals surface area contributed by atoms with Crippen LogP contribution in [0.3, 0.4) is 0 Å². The first-order chi connectivity index (χ1) is 14.2. The third kappa shape index (κ3) is 4.89. The second-order valence-electron chi connectivity index (χ2n) is 6.53. The quantitative estimate of drug-likeness (QED) is 0.384. The molecule has 4 aromatic rings. The summed E-state index contributed by atoms with van der Waals surface area (Å²) in [7, 11) is 0. The highest BCUT2D eigenvalue weighted by Crippen LogP contribution is 2.31. The summed E-state index contributed by atoms with van der Waals surface area (Å²) in [6.45, 7) is 0. The Morgan fingerprint density at radius 2 is 1.59 bits per heavy atom. The van der Waals surface area contributed by atoms with Crippen LogP contribution in [0, 0.1) is 0 Å². The van der Waals surface area contributed by atoms with Gasteiger partial charge in [-0.1, -0.05) is 42.5 Å². The fourth-order valence-electron chi connectivity index (χ4n) is 2.95. The Balaban J connectivity index is 1.60. The minimum Gasteiger partial charge on any atom is -0.481 e. The van der Waals surface area contributed by atoms with Crippen LogP contribution in [0.5, 0.6) is 11.5 Å². The number of rotatable bonds is 7. The van der Waals surface area contributed by atoms with Gasteiger partial charge < -0.3 is 9.84 Å². The van der Waals surface area contributed by atoms with Gasteiger partial charge in [0.1, 0.15) is 16.5 Å². The van der Waals surface area contributed by atoms with Crippen LogP contribution >= 0.6 is 11.3 Å². The number of carboxylic acid groups (broad SMARTS) is 1. The van der Waals surface area contributed by atoms with Crippen LogP contribution in [0.25, 0.3) is 21.9 Å². The first-order valence-corrected chi connectivity index (χ1v) is 10.1. The van der Waals surface area contributed by atoms with Crippen LogP contribution in [0.4, 0.5) is 0 Å². The van der Waals surface area contributed by atoms with Crippen LogP contribution in [0.2, 0.25) is 0 Å².